The Labute approximate surface area is 201 Å². The topological polar surface area (TPSA) is 68.0 Å². The number of ether oxygens (including phenoxy) is 1. The Morgan fingerprint density at radius 2 is 1.88 bits per heavy atom. The van der Waals surface area contributed by atoms with Gasteiger partial charge in [0.2, 0.25) is 0 Å². The van der Waals surface area contributed by atoms with Crippen molar-refractivity contribution >= 4 is 34.0 Å². The highest BCUT2D eigenvalue weighted by atomic mass is 32.2. The maximum atomic E-state index is 11.4. The largest absolute Gasteiger partial charge is 0.497 e. The Morgan fingerprint density at radius 3 is 2.68 bits per heavy atom. The second-order valence-electron chi connectivity index (χ2n) is 8.40. The molecule has 7 heteroatoms. The number of amidine groups is 1. The molecule has 6 rings (SSSR count). The van der Waals surface area contributed by atoms with Gasteiger partial charge in [0.1, 0.15) is 5.75 Å². The Kier molecular flexibility index (Phi) is 4.99. The fourth-order valence-electron chi connectivity index (χ4n) is 4.96. The van der Waals surface area contributed by atoms with Crippen LogP contribution in [0, 0.1) is 10.1 Å². The highest BCUT2D eigenvalue weighted by Gasteiger charge is 2.40. The third kappa shape index (κ3) is 3.31. The van der Waals surface area contributed by atoms with Crippen molar-refractivity contribution in [2.45, 2.75) is 18.9 Å². The first-order chi connectivity index (χ1) is 16.6. The number of thioether (sulfide) groups is 1. The van der Waals surface area contributed by atoms with Crippen LogP contribution in [0.5, 0.6) is 5.75 Å². The van der Waals surface area contributed by atoms with Crippen molar-refractivity contribution < 1.29 is 9.66 Å². The molecule has 0 aromatic heterocycles. The van der Waals surface area contributed by atoms with Crippen molar-refractivity contribution in [2.24, 2.45) is 4.99 Å². The minimum atomic E-state index is -0.350. The second kappa shape index (κ2) is 8.18. The summed E-state index contributed by atoms with van der Waals surface area (Å²) in [6, 6.07) is 23.4. The molecule has 0 unspecified atom stereocenters. The van der Waals surface area contributed by atoms with Gasteiger partial charge in [0.15, 0.2) is 5.17 Å². The van der Waals surface area contributed by atoms with Gasteiger partial charge < -0.3 is 9.64 Å². The molecule has 3 aromatic rings. The van der Waals surface area contributed by atoms with Crippen LogP contribution in [0.2, 0.25) is 0 Å². The molecule has 0 N–H and O–H groups in total. The lowest BCUT2D eigenvalue weighted by Crippen LogP contribution is -2.34. The van der Waals surface area contributed by atoms with E-state index >= 15 is 0 Å². The van der Waals surface area contributed by atoms with Crippen molar-refractivity contribution in [1.29, 1.82) is 0 Å². The van der Waals surface area contributed by atoms with Gasteiger partial charge >= 0.3 is 0 Å². The Balaban J connectivity index is 1.51. The zero-order valence-corrected chi connectivity index (χ0v) is 19.3. The predicted molar refractivity (Wildman–Crippen MR) is 135 cm³/mol. The first-order valence-corrected chi connectivity index (χ1v) is 12.0. The molecule has 2 heterocycles. The van der Waals surface area contributed by atoms with Gasteiger partial charge in [0, 0.05) is 28.7 Å². The molecular weight excluding hydrogens is 446 g/mol. The maximum Gasteiger partial charge on any atom is 0.270 e. The number of nitro groups is 1. The normalized spacial score (nSPS) is 18.5. The number of benzene rings is 3. The summed E-state index contributed by atoms with van der Waals surface area (Å²) in [7, 11) is 1.67. The maximum absolute atomic E-state index is 11.4. The Morgan fingerprint density at radius 1 is 1.06 bits per heavy atom. The molecule has 2 aliphatic heterocycles. The zero-order valence-electron chi connectivity index (χ0n) is 18.5. The van der Waals surface area contributed by atoms with Gasteiger partial charge in [0.25, 0.3) is 5.69 Å². The lowest BCUT2D eigenvalue weighted by atomic mass is 9.82. The summed E-state index contributed by atoms with van der Waals surface area (Å²) in [5, 5.41) is 14.4. The second-order valence-corrected chi connectivity index (χ2v) is 9.24. The number of non-ortho nitro benzene ring substituents is 1. The molecule has 34 heavy (non-hydrogen) atoms. The molecule has 1 aliphatic carbocycles. The number of nitrogens with zero attached hydrogens (tertiary/aromatic N) is 3. The number of rotatable bonds is 4. The molecule has 0 radical (unpaired) electrons. The van der Waals surface area contributed by atoms with Crippen molar-refractivity contribution in [3.05, 3.63) is 116 Å². The number of aliphatic imine (C=N–C) groups is 1. The van der Waals surface area contributed by atoms with Crippen molar-refractivity contribution in [3.8, 4) is 5.75 Å². The molecule has 0 saturated carbocycles. The number of nitro benzene ring substituents is 1. The van der Waals surface area contributed by atoms with Gasteiger partial charge in [-0.2, -0.15) is 0 Å². The summed E-state index contributed by atoms with van der Waals surface area (Å²) in [6.45, 7) is 0. The summed E-state index contributed by atoms with van der Waals surface area (Å²) in [6.07, 6.45) is 1.87. The van der Waals surface area contributed by atoms with Gasteiger partial charge in [-0.05, 0) is 41.7 Å². The molecule has 3 aliphatic rings. The highest BCUT2D eigenvalue weighted by molar-refractivity contribution is 8.16. The van der Waals surface area contributed by atoms with Crippen LogP contribution in [-0.4, -0.2) is 22.1 Å². The summed E-state index contributed by atoms with van der Waals surface area (Å²) in [5.41, 5.74) is 7.80. The van der Waals surface area contributed by atoms with Crippen LogP contribution in [0.3, 0.4) is 0 Å². The Bertz CT molecular complexity index is 1410. The van der Waals surface area contributed by atoms with Crippen LogP contribution in [-0.2, 0) is 6.42 Å². The first-order valence-electron chi connectivity index (χ1n) is 11.1. The van der Waals surface area contributed by atoms with Crippen molar-refractivity contribution in [2.75, 3.05) is 7.11 Å². The standard InChI is InChI=1S/C27H21N3O3S/c1-33-21-12-9-18(10-13-21)26-23-14-11-17-5-2-3-8-22(17)25(23)28-27-29(26)24(16-34-27)19-6-4-7-20(15-19)30(31)32/h2-10,12-13,15-16,26H,11,14H2,1H3/t26-/m0/s1. The van der Waals surface area contributed by atoms with Crippen LogP contribution in [0.15, 0.2) is 88.8 Å². The summed E-state index contributed by atoms with van der Waals surface area (Å²) >= 11 is 1.57. The average molecular weight is 468 g/mol. The Hall–Kier alpha value is -3.84. The third-order valence-corrected chi connectivity index (χ3v) is 7.40. The van der Waals surface area contributed by atoms with Crippen LogP contribution in [0.1, 0.15) is 34.7 Å². The zero-order chi connectivity index (χ0) is 23.2. The number of methoxy groups -OCH3 is 1. The SMILES string of the molecule is COc1ccc([C@H]2C3=C(N=C4SC=C(c5cccc([N+](=O)[O-])c5)N42)c2ccccc2CC3)cc1. The van der Waals surface area contributed by atoms with E-state index in [2.05, 4.69) is 46.7 Å². The van der Waals surface area contributed by atoms with E-state index in [1.54, 1.807) is 31.0 Å². The van der Waals surface area contributed by atoms with E-state index < -0.39 is 0 Å². The monoisotopic (exact) mass is 467 g/mol. The van der Waals surface area contributed by atoms with Gasteiger partial charge in [-0.25, -0.2) is 4.99 Å². The highest BCUT2D eigenvalue weighted by Crippen LogP contribution is 2.51. The van der Waals surface area contributed by atoms with E-state index in [1.807, 2.05) is 18.2 Å². The average Bonchev–Trinajstić information content (AvgIpc) is 3.31. The molecule has 0 spiro atoms. The van der Waals surface area contributed by atoms with E-state index in [0.29, 0.717) is 0 Å². The van der Waals surface area contributed by atoms with Crippen molar-refractivity contribution in [1.82, 2.24) is 4.90 Å². The number of hydrogen-bond acceptors (Lipinski definition) is 6. The van der Waals surface area contributed by atoms with Gasteiger partial charge in [-0.3, -0.25) is 10.1 Å². The minimum absolute atomic E-state index is 0.0534. The quantitative estimate of drug-likeness (QED) is 0.327. The van der Waals surface area contributed by atoms with Gasteiger partial charge in [0.05, 0.1) is 29.5 Å². The molecule has 3 aromatic carbocycles. The van der Waals surface area contributed by atoms with E-state index in [9.17, 15) is 10.1 Å². The lowest BCUT2D eigenvalue weighted by Gasteiger charge is -2.39. The summed E-state index contributed by atoms with van der Waals surface area (Å²) < 4.78 is 5.39. The molecular formula is C27H21N3O3S. The number of fused-ring (bicyclic) bond motifs is 3. The number of aryl methyl sites for hydroxylation is 1. The van der Waals surface area contributed by atoms with Crippen LogP contribution in [0.4, 0.5) is 5.69 Å². The summed E-state index contributed by atoms with van der Waals surface area (Å²) in [4.78, 5) is 18.4. The third-order valence-electron chi connectivity index (χ3n) is 6.56. The van der Waals surface area contributed by atoms with Crippen LogP contribution in [0.25, 0.3) is 11.4 Å². The molecule has 0 fully saturated rings. The van der Waals surface area contributed by atoms with Crippen LogP contribution < -0.4 is 4.74 Å². The molecule has 0 amide bonds. The van der Waals surface area contributed by atoms with Crippen molar-refractivity contribution in [3.63, 3.8) is 0 Å². The van der Waals surface area contributed by atoms with E-state index in [0.717, 1.165) is 46.3 Å². The van der Waals surface area contributed by atoms with E-state index in [1.165, 1.54) is 22.8 Å². The molecule has 168 valence electrons. The summed E-state index contributed by atoms with van der Waals surface area (Å²) in [5.74, 6) is 0.807. The molecule has 0 bridgehead atoms. The molecule has 6 nitrogen and oxygen atoms in total. The van der Waals surface area contributed by atoms with Gasteiger partial charge in [-0.1, -0.05) is 60.3 Å². The minimum Gasteiger partial charge on any atom is -0.497 e. The molecule has 1 atom stereocenters. The lowest BCUT2D eigenvalue weighted by molar-refractivity contribution is -0.384. The first kappa shape index (κ1) is 20.7. The van der Waals surface area contributed by atoms with E-state index in [-0.39, 0.29) is 16.7 Å². The van der Waals surface area contributed by atoms with Crippen LogP contribution >= 0.6 is 11.8 Å². The number of hydrogen-bond donors (Lipinski definition) is 0. The van der Waals surface area contributed by atoms with Gasteiger partial charge in [-0.15, -0.1) is 0 Å². The molecule has 0 saturated heterocycles. The fourth-order valence-corrected chi connectivity index (χ4v) is 5.89. The fraction of sp³-hybridized carbons (Fsp3) is 0.148. The predicted octanol–water partition coefficient (Wildman–Crippen LogP) is 6.42. The van der Waals surface area contributed by atoms with E-state index in [4.69, 9.17) is 9.73 Å². The smallest absolute Gasteiger partial charge is 0.270 e.